The molecule has 33 nitrogen and oxygen atoms in total. The van der Waals surface area contributed by atoms with E-state index < -0.39 is 32.7 Å². The maximum atomic E-state index is 11.3. The van der Waals surface area contributed by atoms with Gasteiger partial charge in [-0.25, -0.2) is 9.97 Å². The number of aryl methyl sites for hydroxylation is 3. The number of rotatable bonds is 13. The average Bonchev–Trinajstić information content (AvgIpc) is 1.65. The van der Waals surface area contributed by atoms with Crippen LogP contribution in [0.15, 0.2) is 206 Å². The number of aromatic amines is 2. The molecule has 0 spiro atoms. The Hall–Kier alpha value is -10.6. The number of hydrogen-bond acceptors (Lipinski definition) is 31. The molecule has 12 heterocycles. The second-order valence-corrected chi connectivity index (χ2v) is 40.0. The molecule has 0 saturated heterocycles. The van der Waals surface area contributed by atoms with E-state index in [1.54, 1.807) is 119 Å². The smallest absolute Gasteiger partial charge is 0.545 e. The summed E-state index contributed by atoms with van der Waals surface area (Å²) >= 11 is 36.6. The zero-order valence-corrected chi connectivity index (χ0v) is 85.9. The van der Waals surface area contributed by atoms with Gasteiger partial charge in [-0.1, -0.05) is 60.1 Å². The first kappa shape index (κ1) is 118. The normalized spacial score (nSPS) is 9.92. The average molecular weight is 2080 g/mol. The maximum absolute atomic E-state index is 11.3. The minimum absolute atomic E-state index is 0. The molecule has 131 heavy (non-hydrogen) atoms. The van der Waals surface area contributed by atoms with E-state index in [-0.39, 0.29) is 105 Å². The summed E-state index contributed by atoms with van der Waals surface area (Å²) < 4.78 is 54.7. The number of nitrogens with zero attached hydrogens (tertiary/aromatic N) is 16. The molecule has 12 aromatic heterocycles. The fourth-order valence-electron chi connectivity index (χ4n) is 9.25. The van der Waals surface area contributed by atoms with Gasteiger partial charge in [-0.3, -0.25) is 37.8 Å². The second kappa shape index (κ2) is 64.3. The van der Waals surface area contributed by atoms with E-state index in [1.165, 1.54) is 85.1 Å². The van der Waals surface area contributed by atoms with Gasteiger partial charge >= 0.3 is 96.5 Å². The Morgan fingerprint density at radius 2 is 1.00 bits per heavy atom. The first-order valence-electron chi connectivity index (χ1n) is 34.6. The molecule has 2 aromatic carbocycles. The fraction of sp³-hybridized carbons (Fsp3) is 0.0988. The van der Waals surface area contributed by atoms with Gasteiger partial charge in [-0.2, -0.15) is 50.5 Å². The first-order valence-corrected chi connectivity index (χ1v) is 48.0. The second-order valence-electron chi connectivity index (χ2n) is 23.2. The Kier molecular flexibility index (Phi) is 58.1. The molecule has 14 rings (SSSR count). The molecule has 0 radical (unpaired) electrons. The largest absolute Gasteiger partial charge is 1.00 e. The summed E-state index contributed by atoms with van der Waals surface area (Å²) in [6.45, 7) is 7.21. The predicted molar refractivity (Wildman–Crippen MR) is 512 cm³/mol. The molecule has 660 valence electrons. The van der Waals surface area contributed by atoms with Crippen molar-refractivity contribution in [2.75, 3.05) is 19.5 Å². The van der Waals surface area contributed by atoms with Crippen molar-refractivity contribution >= 4 is 243 Å². The Morgan fingerprint density at radius 1 is 0.603 bits per heavy atom. The van der Waals surface area contributed by atoms with Gasteiger partial charge in [0.1, 0.15) is 65.0 Å². The summed E-state index contributed by atoms with van der Waals surface area (Å²) in [7, 11) is -1.36. The van der Waals surface area contributed by atoms with Gasteiger partial charge in [-0.15, -0.1) is 90.7 Å². The van der Waals surface area contributed by atoms with Crippen LogP contribution in [0.25, 0.3) is 83.5 Å². The number of amides is 1. The van der Waals surface area contributed by atoms with Crippen LogP contribution in [-0.4, -0.2) is 68.8 Å². The van der Waals surface area contributed by atoms with Crippen LogP contribution < -0.4 is 118 Å². The number of fused-ring (bicyclic) bond motifs is 4. The predicted octanol–water partition coefficient (Wildman–Crippen LogP) is 16.0. The zero-order chi connectivity index (χ0) is 96.2. The third kappa shape index (κ3) is 45.4. The number of carbonyl (C=O) groups excluding carboxylic acids is 3. The van der Waals surface area contributed by atoms with E-state index in [2.05, 4.69) is 99.3 Å². The number of H-pyrrole nitrogens is 2. The van der Waals surface area contributed by atoms with Gasteiger partial charge in [0.05, 0.1) is 101 Å². The monoisotopic (exact) mass is 2080 g/mol. The zero-order valence-electron chi connectivity index (χ0n) is 68.7. The van der Waals surface area contributed by atoms with Crippen molar-refractivity contribution in [1.82, 2.24) is 19.9 Å². The maximum Gasteiger partial charge on any atom is 1.00 e. The van der Waals surface area contributed by atoms with Crippen LogP contribution in [0.5, 0.6) is 11.5 Å². The molecule has 0 aliphatic rings. The van der Waals surface area contributed by atoms with Crippen molar-refractivity contribution < 1.29 is 133 Å². The number of benzene rings is 2. The van der Waals surface area contributed by atoms with Crippen molar-refractivity contribution in [3.05, 3.63) is 311 Å². The van der Waals surface area contributed by atoms with Crippen molar-refractivity contribution in [3.63, 3.8) is 0 Å². The number of nitrogens with two attached hydrogens (primary N) is 1. The number of thiophene rings is 8. The number of methoxy groups -OCH3 is 2. The minimum Gasteiger partial charge on any atom is -0.545 e. The van der Waals surface area contributed by atoms with E-state index in [9.17, 15) is 38.9 Å². The molecule has 0 unspecified atom stereocenters. The minimum atomic E-state index is -4.67. The molecule has 0 atom stereocenters. The van der Waals surface area contributed by atoms with E-state index in [0.29, 0.717) is 73.0 Å². The SMILES string of the molecule is COc1ccc(CN)cc1.COc1ccc(CNc2ncc(C#N)c3sc(C)cc23)cc1.Cc1cc2c(=O)[nH]cc(C#N)c2s1.Cc1cc2c(Cl)ncc(C#N)c2s1.N#C/C(=C\C(=O)Cl)c1cccs1.N#C/C(=C\C(=O)N=[N+]=[N-])c1cccs1.N#C/C(=C\C(=O)[O-])c1cccs1.N#CCc1cccs1.N#Cc1c[nH]c(=O)c2ccsc12.O=P(Cl)(Cl)Cl.O=S(=O)(O)O.[2HH].[K+].[N-]=[N+]=[N-].[Na+]. The number of carboxylic acids is 1. The van der Waals surface area contributed by atoms with E-state index in [4.69, 9.17) is 109 Å². The number of carboxylic acid groups (broad SMARTS) is 1. The van der Waals surface area contributed by atoms with Crippen LogP contribution in [0.1, 0.15) is 68.9 Å². The molecule has 1 amide bonds. The number of carbonyl (C=O) groups is 3. The molecule has 0 saturated carbocycles. The number of azide groups is 1. The van der Waals surface area contributed by atoms with Crippen molar-refractivity contribution in [3.8, 4) is 60.1 Å². The number of ether oxygens (including phenoxy) is 2. The first-order chi connectivity index (χ1) is 61.4. The third-order valence-corrected chi connectivity index (χ3v) is 22.7. The summed E-state index contributed by atoms with van der Waals surface area (Å²) in [5.74, 6) is 0.417. The van der Waals surface area contributed by atoms with Crippen LogP contribution in [0.2, 0.25) is 5.15 Å². The van der Waals surface area contributed by atoms with Gasteiger partial charge in [0, 0.05) is 101 Å². The van der Waals surface area contributed by atoms with E-state index in [1.807, 2.05) is 123 Å². The molecular formula is C81H62Cl5KN20NaO13PS9. The fourth-order valence-corrected chi connectivity index (χ4v) is 16.1. The number of nitrogens with one attached hydrogen (secondary N) is 3. The van der Waals surface area contributed by atoms with E-state index >= 15 is 0 Å². The van der Waals surface area contributed by atoms with Gasteiger partial charge in [0.25, 0.3) is 11.1 Å². The summed E-state index contributed by atoms with van der Waals surface area (Å²) in [5, 5.41) is 94.7. The van der Waals surface area contributed by atoms with Gasteiger partial charge in [0.2, 0.25) is 11.1 Å². The number of pyridine rings is 4. The van der Waals surface area contributed by atoms with Crippen molar-refractivity contribution in [2.24, 2.45) is 10.8 Å². The van der Waals surface area contributed by atoms with Crippen LogP contribution in [0.3, 0.4) is 0 Å². The quantitative estimate of drug-likeness (QED) is 0.00596. The van der Waals surface area contributed by atoms with Crippen LogP contribution >= 0.6 is 153 Å². The number of nitriles is 8. The summed E-state index contributed by atoms with van der Waals surface area (Å²) in [4.78, 5) is 77.7. The summed E-state index contributed by atoms with van der Waals surface area (Å²) in [5.41, 5.74) is 31.8. The Labute approximate surface area is 869 Å². The van der Waals surface area contributed by atoms with Gasteiger partial charge in [-0.05, 0) is 194 Å². The third-order valence-electron chi connectivity index (χ3n) is 14.5. The molecule has 0 fully saturated rings. The van der Waals surface area contributed by atoms with Gasteiger partial charge in [0.15, 0.2) is 0 Å². The number of halogens is 5. The molecule has 0 aliphatic carbocycles. The topological polar surface area (TPSA) is 612 Å². The van der Waals surface area contributed by atoms with Crippen LogP contribution in [-0.2, 0) is 48.9 Å². The Bertz CT molecular complexity index is 6880. The van der Waals surface area contributed by atoms with Gasteiger partial charge < -0.3 is 51.5 Å². The Morgan fingerprint density at radius 3 is 1.40 bits per heavy atom. The number of aliphatic carboxylic acids is 1. The van der Waals surface area contributed by atoms with E-state index in [0.717, 1.165) is 95.8 Å². The molecule has 50 heteroatoms. The number of anilines is 1. The van der Waals surface area contributed by atoms with Crippen molar-refractivity contribution in [1.29, 1.82) is 42.1 Å². The summed E-state index contributed by atoms with van der Waals surface area (Å²) in [6, 6.07) is 53.6. The summed E-state index contributed by atoms with van der Waals surface area (Å²) in [6.07, 6.45) is 9.54. The number of allylic oxidation sites excluding steroid dienone is 4. The standard InChI is InChI=1S/C17H15N3OS.C9H5ClN2S.C9H6N2OS.C8H4ClNOS.C8H4N4OS.C8H4N2OS.C8H5NO2S.C8H11NO.C6H5NS.Cl3OP.K.N3.Na.H2O4S.H2/c1-11-7-15-16(22-11)13(8-18)10-20-17(15)19-9-12-3-5-14(21-2)6-4-12;1-5-2-7-8(13-5)6(3-11)4-12-9(7)10;1-5-2-7-8(13-5)6(3-10)4-11-9(7)12;9-8(11)4-6(5-10)7-2-1-3-12-7;9-5-6(4-8(13)11-12-10)7-2-1-3-14-7;9-3-5-4-10-8(11)6-1-2-12-7(5)6;9-5-6(4-8(10)11)7-2-1-3-12-7;1-10-8-4-2-7(6-9)3-5-8;7-4-3-6-2-1-5-8-6;1-5(2,3)4;;1-3-2;;1-5(2,3)4;/h3-7,10H,9H2,1-2H3,(H,19,20);2,4H,1H3;2,4H,1H3,(H,11,12);1-4H;1-4H;1-2,4H,(H,10,11);1-4H,(H,10,11);2-5H,6,9H2,1H3;1-2,5H,3H2;;;;;(H2,1,2,3,4);1H/q;;;;;;;;;;+1;-1;+1;;/p-1/b;;;2*6-4+;;6-4+;;;;;;;;/i;;;;;;;;;;;;;;1+1. The Balaban J connectivity index is 0.00000145. The van der Waals surface area contributed by atoms with Crippen LogP contribution in [0.4, 0.5) is 5.82 Å². The van der Waals surface area contributed by atoms with Crippen LogP contribution in [0, 0.1) is 111 Å². The van der Waals surface area contributed by atoms with Crippen molar-refractivity contribution in [2.45, 2.75) is 40.3 Å². The molecule has 7 N–H and O–H groups in total. The number of aromatic nitrogens is 4. The molecule has 14 aromatic rings. The molecular weight excluding hydrogens is 2020 g/mol. The molecule has 0 bridgehead atoms. The molecule has 0 aliphatic heterocycles. The number of hydrogen-bond donors (Lipinski definition) is 6.